The van der Waals surface area contributed by atoms with Gasteiger partial charge in [0.25, 0.3) is 0 Å². The van der Waals surface area contributed by atoms with Crippen molar-refractivity contribution in [3.05, 3.63) is 11.6 Å². The predicted octanol–water partition coefficient (Wildman–Crippen LogP) is 3.07. The highest BCUT2D eigenvalue weighted by Crippen LogP contribution is 2.76. The number of allylic oxidation sites excluding steroid dienone is 2. The smallest absolute Gasteiger partial charge is 0.317 e. The number of rotatable bonds is 20. The number of nitrogens with one attached hydrogen (secondary N) is 1. The fourth-order valence-corrected chi connectivity index (χ4v) is 16.7. The van der Waals surface area contributed by atoms with Gasteiger partial charge >= 0.3 is 11.9 Å². The van der Waals surface area contributed by atoms with Crippen molar-refractivity contribution in [2.75, 3.05) is 13.2 Å². The summed E-state index contributed by atoms with van der Waals surface area (Å²) in [7, 11) is 0. The van der Waals surface area contributed by atoms with Gasteiger partial charge in [-0.15, -0.1) is 0 Å². The highest BCUT2D eigenvalue weighted by atomic mass is 16.8. The summed E-state index contributed by atoms with van der Waals surface area (Å²) in [6, 6.07) is -1.36. The van der Waals surface area contributed by atoms with Crippen molar-refractivity contribution in [1.29, 1.82) is 0 Å². The number of amides is 1. The monoisotopic (exact) mass is 1140 g/mol. The number of aliphatic carboxylic acids is 1. The average molecular weight is 1140 g/mol. The lowest BCUT2D eigenvalue weighted by atomic mass is 9.33. The van der Waals surface area contributed by atoms with Crippen LogP contribution in [0.5, 0.6) is 0 Å². The summed E-state index contributed by atoms with van der Waals surface area (Å²) in [5.41, 5.74) is -2.89. The number of fused-ring (bicyclic) bond motifs is 7. The van der Waals surface area contributed by atoms with Crippen LogP contribution in [-0.4, -0.2) is 187 Å². The fraction of sp³-hybridized carbons (Fsp3) is 0.898. The van der Waals surface area contributed by atoms with Crippen LogP contribution in [0.15, 0.2) is 11.6 Å². The van der Waals surface area contributed by atoms with Gasteiger partial charge in [0.2, 0.25) is 12.2 Å². The molecule has 0 aromatic carbocycles. The van der Waals surface area contributed by atoms with E-state index in [1.165, 1.54) is 6.92 Å². The molecule has 3 heterocycles. The molecule has 3 saturated heterocycles. The standard InChI is InChI=1S/C59H95NO20/c1-31-48(78-50-46(72)43(69)34(63)29-75-50)45(71)47(73)51(76-31)79-49-44(70)42(60-40(66)16-14-12-10-8-9-11-13-15-17-41(67)68)35(28-61)77-52(49)80-53(74)59-25-24-54(2,3)26-33(59)32-18-19-37-55(4)22-21-38(64)56(5,30-62)36(55)20-23-57(37,6)58(32,7)27-39(59)65/h18,30-31,33-39,42-52,61,63-65,69-73H,8-17,19-29H2,1-7H3,(H,60,66)(H,67,68)/t31?,33?,34-,35?,36-,37?,38+,39-,42+,43?,44?,45?,46?,47?,48+,49?,50+,51+,52+,55?,56?,57?,58?,59-/m1/s1. The second-order valence-electron chi connectivity index (χ2n) is 27.1. The molecule has 14 unspecified atom stereocenters. The van der Waals surface area contributed by atoms with Gasteiger partial charge in [-0.1, -0.05) is 91.7 Å². The molecule has 11 N–H and O–H groups in total. The molecule has 0 radical (unpaired) electrons. The molecule has 21 heteroatoms. The van der Waals surface area contributed by atoms with Gasteiger partial charge in [0.05, 0.1) is 43.0 Å². The number of carbonyl (C=O) groups is 4. The molecular formula is C59H95NO20. The van der Waals surface area contributed by atoms with Gasteiger partial charge in [-0.3, -0.25) is 14.4 Å². The zero-order chi connectivity index (χ0) is 58.5. The van der Waals surface area contributed by atoms with E-state index in [2.05, 4.69) is 46.0 Å². The second-order valence-corrected chi connectivity index (χ2v) is 27.1. The molecule has 8 aliphatic rings. The van der Waals surface area contributed by atoms with E-state index in [9.17, 15) is 60.3 Å². The van der Waals surface area contributed by atoms with Gasteiger partial charge in [-0.05, 0) is 117 Å². The van der Waals surface area contributed by atoms with E-state index in [-0.39, 0.29) is 53.8 Å². The quantitative estimate of drug-likeness (QED) is 0.0361. The van der Waals surface area contributed by atoms with Crippen LogP contribution in [0.1, 0.15) is 170 Å². The lowest BCUT2D eigenvalue weighted by molar-refractivity contribution is -0.370. The van der Waals surface area contributed by atoms with Crippen LogP contribution in [0.2, 0.25) is 0 Å². The number of esters is 1. The number of aldehydes is 1. The van der Waals surface area contributed by atoms with E-state index in [0.29, 0.717) is 44.9 Å². The first-order valence-corrected chi connectivity index (χ1v) is 29.8. The van der Waals surface area contributed by atoms with Crippen LogP contribution in [0, 0.1) is 50.2 Å². The third-order valence-corrected chi connectivity index (χ3v) is 21.8. The summed E-state index contributed by atoms with van der Waals surface area (Å²) in [4.78, 5) is 52.9. The molecule has 5 aliphatic carbocycles. The van der Waals surface area contributed by atoms with Crippen LogP contribution >= 0.6 is 0 Å². The zero-order valence-corrected chi connectivity index (χ0v) is 48.0. The topological polar surface area (TPSA) is 338 Å². The van der Waals surface area contributed by atoms with Crippen LogP contribution in [0.4, 0.5) is 0 Å². The van der Waals surface area contributed by atoms with Crippen molar-refractivity contribution >= 4 is 24.1 Å². The Morgan fingerprint density at radius 1 is 0.700 bits per heavy atom. The maximum Gasteiger partial charge on any atom is 0.317 e. The van der Waals surface area contributed by atoms with E-state index in [1.807, 2.05) is 6.92 Å². The number of carbonyl (C=O) groups excluding carboxylic acids is 3. The van der Waals surface area contributed by atoms with Gasteiger partial charge in [0.15, 0.2) is 18.7 Å². The van der Waals surface area contributed by atoms with Crippen molar-refractivity contribution in [2.24, 2.45) is 50.2 Å². The number of carboxylic acid groups (broad SMARTS) is 1. The number of hydrogen-bond donors (Lipinski definition) is 11. The van der Waals surface area contributed by atoms with Crippen molar-refractivity contribution < 1.29 is 98.7 Å². The minimum absolute atomic E-state index is 0.0471. The minimum atomic E-state index is -1.95. The van der Waals surface area contributed by atoms with Gasteiger partial charge in [0.1, 0.15) is 60.5 Å². The van der Waals surface area contributed by atoms with Crippen molar-refractivity contribution in [3.63, 3.8) is 0 Å². The molecule has 0 bridgehead atoms. The largest absolute Gasteiger partial charge is 0.481 e. The fourth-order valence-electron chi connectivity index (χ4n) is 16.7. The Kier molecular flexibility index (Phi) is 19.5. The molecule has 0 spiro atoms. The van der Waals surface area contributed by atoms with E-state index in [1.54, 1.807) is 0 Å². The maximum atomic E-state index is 15.7. The Labute approximate surface area is 470 Å². The van der Waals surface area contributed by atoms with Gasteiger partial charge in [0, 0.05) is 12.8 Å². The van der Waals surface area contributed by atoms with Crippen molar-refractivity contribution in [3.8, 4) is 0 Å². The number of aliphatic hydroxyl groups is 9. The first-order chi connectivity index (χ1) is 37.6. The molecule has 0 aromatic heterocycles. The molecule has 80 heavy (non-hydrogen) atoms. The van der Waals surface area contributed by atoms with Crippen LogP contribution in [-0.2, 0) is 47.6 Å². The van der Waals surface area contributed by atoms with Crippen LogP contribution < -0.4 is 5.32 Å². The van der Waals surface area contributed by atoms with Gasteiger partial charge in [-0.2, -0.15) is 0 Å². The van der Waals surface area contributed by atoms with Gasteiger partial charge < -0.3 is 89.6 Å². The minimum Gasteiger partial charge on any atom is -0.481 e. The van der Waals surface area contributed by atoms with E-state index < -0.39 is 151 Å². The summed E-state index contributed by atoms with van der Waals surface area (Å²) in [5, 5.41) is 113. The number of aliphatic hydroxyl groups excluding tert-OH is 9. The molecule has 456 valence electrons. The first-order valence-electron chi connectivity index (χ1n) is 29.8. The Morgan fingerprint density at radius 3 is 1.99 bits per heavy atom. The highest BCUT2D eigenvalue weighted by Gasteiger charge is 2.72. The molecule has 24 atom stereocenters. The Morgan fingerprint density at radius 2 is 1.34 bits per heavy atom. The predicted molar refractivity (Wildman–Crippen MR) is 284 cm³/mol. The summed E-state index contributed by atoms with van der Waals surface area (Å²) in [6.07, 6.45) is -8.54. The Hall–Kier alpha value is -2.74. The normalized spacial score (nSPS) is 47.0. The summed E-state index contributed by atoms with van der Waals surface area (Å²) >= 11 is 0. The third-order valence-electron chi connectivity index (χ3n) is 21.8. The number of ether oxygens (including phenoxy) is 6. The molecule has 3 aliphatic heterocycles. The average Bonchev–Trinajstić information content (AvgIpc) is 3.42. The summed E-state index contributed by atoms with van der Waals surface area (Å²) in [6.45, 7) is 13.3. The maximum absolute atomic E-state index is 15.7. The van der Waals surface area contributed by atoms with E-state index >= 15 is 4.79 Å². The highest BCUT2D eigenvalue weighted by molar-refractivity contribution is 5.80. The molecular weight excluding hydrogens is 1040 g/mol. The lowest BCUT2D eigenvalue weighted by Gasteiger charge is -2.71. The van der Waals surface area contributed by atoms with E-state index in [4.69, 9.17) is 33.5 Å². The first kappa shape index (κ1) is 63.3. The lowest BCUT2D eigenvalue weighted by Crippen LogP contribution is -2.69. The molecule has 1 amide bonds. The SMILES string of the molecule is CC1O[C@@H](OC2C(O)[C@@H](NC(=O)CCCCCCCCCCC(=O)O)C(CO)O[C@H]2OC(=O)[C@]23CCC(C)(C)CC2C2=CCC4C5(C)CC[C@H](O)C(C)(C=O)[C@@H]5CCC4(C)C2(C)C[C@H]3O)C(O)C(O)[C@H]1O[C@@H]1OC[C@@H](O)C(O)C1O. The third kappa shape index (κ3) is 11.6. The van der Waals surface area contributed by atoms with Crippen molar-refractivity contribution in [2.45, 2.75) is 269 Å². The Bertz CT molecular complexity index is 2220. The van der Waals surface area contributed by atoms with Crippen LogP contribution in [0.3, 0.4) is 0 Å². The molecule has 8 rings (SSSR count). The summed E-state index contributed by atoms with van der Waals surface area (Å²) in [5.74, 6) is -2.57. The van der Waals surface area contributed by atoms with Gasteiger partial charge in [-0.25, -0.2) is 0 Å². The molecule has 4 saturated carbocycles. The number of hydrogen-bond acceptors (Lipinski definition) is 19. The number of unbranched alkanes of at least 4 members (excludes halogenated alkanes) is 7. The molecule has 7 fully saturated rings. The Balaban J connectivity index is 1.04. The number of carboxylic acids is 1. The van der Waals surface area contributed by atoms with Crippen LogP contribution in [0.25, 0.3) is 0 Å². The zero-order valence-electron chi connectivity index (χ0n) is 48.0. The van der Waals surface area contributed by atoms with Crippen molar-refractivity contribution in [1.82, 2.24) is 5.32 Å². The molecule has 0 aromatic rings. The van der Waals surface area contributed by atoms with E-state index in [0.717, 1.165) is 63.2 Å². The second kappa shape index (κ2) is 24.7. The summed E-state index contributed by atoms with van der Waals surface area (Å²) < 4.78 is 36.4. The molecule has 21 nitrogen and oxygen atoms in total.